The summed E-state index contributed by atoms with van der Waals surface area (Å²) in [6, 6.07) is 1.75. The number of hydrogen-bond acceptors (Lipinski definition) is 5. The number of aryl methyl sites for hydroxylation is 1. The molecule has 0 radical (unpaired) electrons. The van der Waals surface area contributed by atoms with Crippen molar-refractivity contribution in [2.24, 2.45) is 0 Å². The third-order valence-electron chi connectivity index (χ3n) is 1.96. The third-order valence-corrected chi connectivity index (χ3v) is 1.96. The van der Waals surface area contributed by atoms with Gasteiger partial charge in [-0.15, -0.1) is 0 Å². The molecule has 1 rings (SSSR count). The Balaban J connectivity index is 2.71. The maximum absolute atomic E-state index is 9.59. The fourth-order valence-electron chi connectivity index (χ4n) is 1.42. The number of hydrogen-bond donors (Lipinski definition) is 1. The minimum atomic E-state index is -0.547. The van der Waals surface area contributed by atoms with Crippen molar-refractivity contribution in [2.75, 3.05) is 20.3 Å². The first-order valence-corrected chi connectivity index (χ1v) is 5.30. The summed E-state index contributed by atoms with van der Waals surface area (Å²) >= 11 is 0. The first-order chi connectivity index (χ1) is 7.65. The average molecular weight is 226 g/mol. The summed E-state index contributed by atoms with van der Waals surface area (Å²) in [7, 11) is 1.56. The first kappa shape index (κ1) is 12.9. The molecule has 1 aromatic heterocycles. The molecule has 0 saturated carbocycles. The van der Waals surface area contributed by atoms with Gasteiger partial charge in [0, 0.05) is 19.6 Å². The Morgan fingerprint density at radius 3 is 2.81 bits per heavy atom. The van der Waals surface area contributed by atoms with E-state index in [9.17, 15) is 5.11 Å². The highest BCUT2D eigenvalue weighted by Gasteiger charge is 2.08. The average Bonchev–Trinajstić information content (AvgIpc) is 2.17. The summed E-state index contributed by atoms with van der Waals surface area (Å²) in [5, 5.41) is 9.59. The maximum atomic E-state index is 9.59. The van der Waals surface area contributed by atoms with Crippen molar-refractivity contribution < 1.29 is 14.6 Å². The van der Waals surface area contributed by atoms with Gasteiger partial charge < -0.3 is 14.6 Å². The fraction of sp³-hybridized carbons (Fsp3) is 0.636. The van der Waals surface area contributed by atoms with Crippen molar-refractivity contribution >= 4 is 0 Å². The molecule has 0 spiro atoms. The highest BCUT2D eigenvalue weighted by Crippen LogP contribution is 2.11. The molecular weight excluding hydrogens is 208 g/mol. The molecule has 1 aromatic rings. The van der Waals surface area contributed by atoms with Crippen LogP contribution in [0.15, 0.2) is 6.07 Å². The van der Waals surface area contributed by atoms with E-state index in [1.165, 1.54) is 0 Å². The van der Waals surface area contributed by atoms with Crippen LogP contribution in [0.5, 0.6) is 5.88 Å². The van der Waals surface area contributed by atoms with Gasteiger partial charge in [-0.25, -0.2) is 4.98 Å². The van der Waals surface area contributed by atoms with Crippen LogP contribution < -0.4 is 4.74 Å². The Morgan fingerprint density at radius 1 is 1.44 bits per heavy atom. The van der Waals surface area contributed by atoms with E-state index in [-0.39, 0.29) is 0 Å². The minimum absolute atomic E-state index is 0.299. The summed E-state index contributed by atoms with van der Waals surface area (Å²) in [6.45, 7) is 4.56. The summed E-state index contributed by atoms with van der Waals surface area (Å²) in [6.07, 6.45) is -0.106. The van der Waals surface area contributed by atoms with Gasteiger partial charge in [0.25, 0.3) is 0 Å². The Labute approximate surface area is 95.4 Å². The Kier molecular flexibility index (Phi) is 5.14. The Hall–Kier alpha value is -1.20. The third kappa shape index (κ3) is 4.12. The lowest BCUT2D eigenvalue weighted by Crippen LogP contribution is -2.18. The second-order valence-corrected chi connectivity index (χ2v) is 3.49. The van der Waals surface area contributed by atoms with E-state index >= 15 is 0 Å². The zero-order chi connectivity index (χ0) is 12.0. The van der Waals surface area contributed by atoms with Gasteiger partial charge in [-0.05, 0) is 13.8 Å². The van der Waals surface area contributed by atoms with E-state index in [0.29, 0.717) is 31.3 Å². The van der Waals surface area contributed by atoms with Crippen LogP contribution in [0, 0.1) is 6.92 Å². The zero-order valence-electron chi connectivity index (χ0n) is 9.93. The summed E-state index contributed by atoms with van der Waals surface area (Å²) < 4.78 is 10.2. The molecule has 1 unspecified atom stereocenters. The standard InChI is InChI=1S/C11H18N2O3/c1-4-16-11-6-9(12-8(2)13-11)5-10(14)7-15-3/h6,10,14H,4-5,7H2,1-3H3. The molecule has 0 saturated heterocycles. The van der Waals surface area contributed by atoms with Crippen molar-refractivity contribution in [1.82, 2.24) is 9.97 Å². The molecule has 5 nitrogen and oxygen atoms in total. The number of aromatic nitrogens is 2. The lowest BCUT2D eigenvalue weighted by atomic mass is 10.2. The quantitative estimate of drug-likeness (QED) is 0.774. The predicted molar refractivity (Wildman–Crippen MR) is 59.5 cm³/mol. The summed E-state index contributed by atoms with van der Waals surface area (Å²) in [5.74, 6) is 1.19. The molecule has 90 valence electrons. The van der Waals surface area contributed by atoms with Gasteiger partial charge in [-0.3, -0.25) is 0 Å². The van der Waals surface area contributed by atoms with Crippen LogP contribution in [0.2, 0.25) is 0 Å². The van der Waals surface area contributed by atoms with Crippen LogP contribution in [-0.4, -0.2) is 41.5 Å². The molecule has 0 fully saturated rings. The second kappa shape index (κ2) is 6.40. The van der Waals surface area contributed by atoms with Gasteiger partial charge in [-0.2, -0.15) is 4.98 Å². The van der Waals surface area contributed by atoms with Crippen molar-refractivity contribution in [3.8, 4) is 5.88 Å². The molecule has 0 aliphatic rings. The maximum Gasteiger partial charge on any atom is 0.216 e. The van der Waals surface area contributed by atoms with Crippen molar-refractivity contribution in [3.63, 3.8) is 0 Å². The number of aliphatic hydroxyl groups excluding tert-OH is 1. The molecule has 0 aromatic carbocycles. The number of nitrogens with zero attached hydrogens (tertiary/aromatic N) is 2. The highest BCUT2D eigenvalue weighted by molar-refractivity contribution is 5.16. The topological polar surface area (TPSA) is 64.5 Å². The monoisotopic (exact) mass is 226 g/mol. The smallest absolute Gasteiger partial charge is 0.216 e. The molecule has 1 atom stereocenters. The first-order valence-electron chi connectivity index (χ1n) is 5.30. The van der Waals surface area contributed by atoms with Crippen molar-refractivity contribution in [2.45, 2.75) is 26.4 Å². The lowest BCUT2D eigenvalue weighted by Gasteiger charge is -2.10. The second-order valence-electron chi connectivity index (χ2n) is 3.49. The number of aliphatic hydroxyl groups is 1. The van der Waals surface area contributed by atoms with Crippen molar-refractivity contribution in [1.29, 1.82) is 0 Å². The van der Waals surface area contributed by atoms with Crippen LogP contribution >= 0.6 is 0 Å². The van der Waals surface area contributed by atoms with E-state index in [4.69, 9.17) is 9.47 Å². The predicted octanol–water partition coefficient (Wildman–Crippen LogP) is 0.734. The van der Waals surface area contributed by atoms with Crippen LogP contribution in [0.3, 0.4) is 0 Å². The van der Waals surface area contributed by atoms with Gasteiger partial charge in [0.15, 0.2) is 0 Å². The molecule has 0 aliphatic heterocycles. The van der Waals surface area contributed by atoms with Crippen molar-refractivity contribution in [3.05, 3.63) is 17.6 Å². The van der Waals surface area contributed by atoms with Crippen LogP contribution in [-0.2, 0) is 11.2 Å². The SMILES string of the molecule is CCOc1cc(CC(O)COC)nc(C)n1. The zero-order valence-corrected chi connectivity index (χ0v) is 9.93. The summed E-state index contributed by atoms with van der Waals surface area (Å²) in [5.41, 5.74) is 0.764. The van der Waals surface area contributed by atoms with Gasteiger partial charge in [0.2, 0.25) is 5.88 Å². The molecule has 1 heterocycles. The lowest BCUT2D eigenvalue weighted by molar-refractivity contribution is 0.0643. The molecular formula is C11H18N2O3. The molecule has 16 heavy (non-hydrogen) atoms. The van der Waals surface area contributed by atoms with Crippen LogP contribution in [0.4, 0.5) is 0 Å². The molecule has 0 aliphatic carbocycles. The van der Waals surface area contributed by atoms with Crippen LogP contribution in [0.25, 0.3) is 0 Å². The highest BCUT2D eigenvalue weighted by atomic mass is 16.5. The van der Waals surface area contributed by atoms with E-state index in [1.54, 1.807) is 20.1 Å². The molecule has 0 bridgehead atoms. The summed E-state index contributed by atoms with van der Waals surface area (Å²) in [4.78, 5) is 8.36. The van der Waals surface area contributed by atoms with E-state index in [2.05, 4.69) is 9.97 Å². The van der Waals surface area contributed by atoms with Gasteiger partial charge in [-0.1, -0.05) is 0 Å². The molecule has 1 N–H and O–H groups in total. The normalized spacial score (nSPS) is 12.5. The molecule has 0 amide bonds. The Bertz CT molecular complexity index is 331. The Morgan fingerprint density at radius 2 is 2.19 bits per heavy atom. The van der Waals surface area contributed by atoms with Gasteiger partial charge >= 0.3 is 0 Å². The number of methoxy groups -OCH3 is 1. The van der Waals surface area contributed by atoms with Crippen LogP contribution in [0.1, 0.15) is 18.4 Å². The fourth-order valence-corrected chi connectivity index (χ4v) is 1.42. The van der Waals surface area contributed by atoms with E-state index in [1.807, 2.05) is 6.92 Å². The number of ether oxygens (including phenoxy) is 2. The van der Waals surface area contributed by atoms with E-state index in [0.717, 1.165) is 5.69 Å². The largest absolute Gasteiger partial charge is 0.478 e. The van der Waals surface area contributed by atoms with Gasteiger partial charge in [0.1, 0.15) is 5.82 Å². The number of rotatable bonds is 6. The van der Waals surface area contributed by atoms with Gasteiger partial charge in [0.05, 0.1) is 25.0 Å². The molecule has 5 heteroatoms. The van der Waals surface area contributed by atoms with E-state index < -0.39 is 6.10 Å². The minimum Gasteiger partial charge on any atom is -0.478 e.